The lowest BCUT2D eigenvalue weighted by Crippen LogP contribution is -2.31. The van der Waals surface area contributed by atoms with Crippen molar-refractivity contribution in [2.24, 2.45) is 0 Å². The number of hydrogen-bond acceptors (Lipinski definition) is 5. The normalized spacial score (nSPS) is 15.1. The number of halogens is 1. The van der Waals surface area contributed by atoms with Gasteiger partial charge in [0.05, 0.1) is 11.5 Å². The fourth-order valence-electron chi connectivity index (χ4n) is 2.64. The van der Waals surface area contributed by atoms with Crippen LogP contribution in [0.4, 0.5) is 5.69 Å². The lowest BCUT2D eigenvalue weighted by molar-refractivity contribution is -0.122. The zero-order chi connectivity index (χ0) is 20.8. The van der Waals surface area contributed by atoms with Crippen molar-refractivity contribution in [1.82, 2.24) is 4.90 Å². The molecule has 2 aromatic carbocycles. The predicted molar refractivity (Wildman–Crippen MR) is 122 cm³/mol. The number of nitrogens with one attached hydrogen (secondary N) is 1. The van der Waals surface area contributed by atoms with Crippen LogP contribution in [0.2, 0.25) is 5.02 Å². The molecular formula is C21H19ClN2O3S2. The van der Waals surface area contributed by atoms with Crippen molar-refractivity contribution in [3.05, 3.63) is 64.0 Å². The first-order valence-corrected chi connectivity index (χ1v) is 10.6. The molecule has 0 spiro atoms. The molecule has 0 aromatic heterocycles. The smallest absolute Gasteiger partial charge is 0.266 e. The highest BCUT2D eigenvalue weighted by Gasteiger charge is 2.32. The van der Waals surface area contributed by atoms with Crippen LogP contribution in [0.25, 0.3) is 6.08 Å². The molecule has 29 heavy (non-hydrogen) atoms. The minimum atomic E-state index is -0.191. The maximum Gasteiger partial charge on any atom is 0.266 e. The topological polar surface area (TPSA) is 58.6 Å². The van der Waals surface area contributed by atoms with Gasteiger partial charge in [-0.2, -0.15) is 0 Å². The number of benzene rings is 2. The average Bonchev–Trinajstić information content (AvgIpc) is 2.96. The molecule has 2 amide bonds. The molecule has 2 aromatic rings. The zero-order valence-electron chi connectivity index (χ0n) is 15.7. The number of nitrogens with zero attached hydrogens (tertiary/aromatic N) is 1. The number of carbonyl (C=O) groups excluding carboxylic acids is 2. The minimum absolute atomic E-state index is 0.147. The number of carbonyl (C=O) groups is 2. The van der Waals surface area contributed by atoms with Crippen LogP contribution in [0.5, 0.6) is 5.75 Å². The molecule has 0 saturated carbocycles. The third kappa shape index (κ3) is 5.82. The predicted octanol–water partition coefficient (Wildman–Crippen LogP) is 4.97. The summed E-state index contributed by atoms with van der Waals surface area (Å²) in [4.78, 5) is 26.9. The summed E-state index contributed by atoms with van der Waals surface area (Å²) in [5.74, 6) is 0.365. The number of hydrogen-bond donors (Lipinski definition) is 1. The second-order valence-corrected chi connectivity index (χ2v) is 8.25. The summed E-state index contributed by atoms with van der Waals surface area (Å²) in [5, 5.41) is 3.44. The molecule has 1 saturated heterocycles. The monoisotopic (exact) mass is 446 g/mol. The highest BCUT2D eigenvalue weighted by Crippen LogP contribution is 2.32. The maximum absolute atomic E-state index is 12.6. The molecule has 8 heteroatoms. The molecule has 0 aliphatic carbocycles. The third-order valence-corrected chi connectivity index (χ3v) is 5.68. The lowest BCUT2D eigenvalue weighted by Gasteiger charge is -2.14. The van der Waals surface area contributed by atoms with E-state index in [1.165, 1.54) is 16.7 Å². The standard InChI is InChI=1S/C21H19ClN2O3S2/c1-2-27-17-9-7-16(8-10-17)23-19(25)11-12-24-20(26)18(29-21(24)28)13-14-3-5-15(22)6-4-14/h3-10,13H,2,11-12H2,1H3,(H,23,25)/b18-13-. The van der Waals surface area contributed by atoms with Crippen LogP contribution < -0.4 is 10.1 Å². The van der Waals surface area contributed by atoms with Crippen LogP contribution in [-0.4, -0.2) is 34.2 Å². The summed E-state index contributed by atoms with van der Waals surface area (Å²) in [7, 11) is 0. The van der Waals surface area contributed by atoms with Crippen LogP contribution in [-0.2, 0) is 9.59 Å². The Balaban J connectivity index is 1.55. The van der Waals surface area contributed by atoms with Gasteiger partial charge in [-0.25, -0.2) is 0 Å². The van der Waals surface area contributed by atoms with E-state index in [2.05, 4.69) is 5.32 Å². The molecule has 3 rings (SSSR count). The van der Waals surface area contributed by atoms with E-state index in [9.17, 15) is 9.59 Å². The molecule has 5 nitrogen and oxygen atoms in total. The van der Waals surface area contributed by atoms with Crippen molar-refractivity contribution >= 4 is 63.5 Å². The number of thiocarbonyl (C=S) groups is 1. The number of anilines is 1. The Kier molecular flexibility index (Phi) is 7.30. The Hall–Kier alpha value is -2.35. The van der Waals surface area contributed by atoms with Gasteiger partial charge in [0.1, 0.15) is 10.1 Å². The zero-order valence-corrected chi connectivity index (χ0v) is 18.1. The molecule has 0 bridgehead atoms. The van der Waals surface area contributed by atoms with E-state index in [4.69, 9.17) is 28.6 Å². The second-order valence-electron chi connectivity index (χ2n) is 6.14. The second kappa shape index (κ2) is 9.91. The first-order chi connectivity index (χ1) is 14.0. The molecule has 150 valence electrons. The summed E-state index contributed by atoms with van der Waals surface area (Å²) in [6.45, 7) is 2.72. The Morgan fingerprint density at radius 3 is 2.55 bits per heavy atom. The van der Waals surface area contributed by atoms with Crippen molar-refractivity contribution in [1.29, 1.82) is 0 Å². The largest absolute Gasteiger partial charge is 0.494 e. The van der Waals surface area contributed by atoms with E-state index in [-0.39, 0.29) is 24.8 Å². The maximum atomic E-state index is 12.6. The van der Waals surface area contributed by atoms with Crippen molar-refractivity contribution < 1.29 is 14.3 Å². The molecule has 0 atom stereocenters. The van der Waals surface area contributed by atoms with Gasteiger partial charge in [-0.1, -0.05) is 47.7 Å². The van der Waals surface area contributed by atoms with Gasteiger partial charge in [0.25, 0.3) is 5.91 Å². The quantitative estimate of drug-likeness (QED) is 0.480. The first kappa shape index (κ1) is 21.4. The summed E-state index contributed by atoms with van der Waals surface area (Å²) >= 11 is 12.4. The van der Waals surface area contributed by atoms with Crippen LogP contribution in [0.3, 0.4) is 0 Å². The van der Waals surface area contributed by atoms with Crippen LogP contribution >= 0.6 is 35.6 Å². The summed E-state index contributed by atoms with van der Waals surface area (Å²) in [6, 6.07) is 14.3. The molecular weight excluding hydrogens is 428 g/mol. The van der Waals surface area contributed by atoms with Gasteiger partial charge >= 0.3 is 0 Å². The fraction of sp³-hybridized carbons (Fsp3) is 0.190. The number of thioether (sulfide) groups is 1. The van der Waals surface area contributed by atoms with Gasteiger partial charge in [0.15, 0.2) is 0 Å². The number of rotatable bonds is 7. The van der Waals surface area contributed by atoms with E-state index >= 15 is 0 Å². The van der Waals surface area contributed by atoms with Gasteiger partial charge in [-0.15, -0.1) is 0 Å². The molecule has 1 aliphatic rings. The van der Waals surface area contributed by atoms with Crippen LogP contribution in [0, 0.1) is 0 Å². The van der Waals surface area contributed by atoms with E-state index in [0.29, 0.717) is 26.5 Å². The lowest BCUT2D eigenvalue weighted by atomic mass is 10.2. The number of amides is 2. The summed E-state index contributed by atoms with van der Waals surface area (Å²) in [5.41, 5.74) is 1.54. The van der Waals surface area contributed by atoms with Gasteiger partial charge in [0.2, 0.25) is 5.91 Å². The number of ether oxygens (including phenoxy) is 1. The van der Waals surface area contributed by atoms with Crippen LogP contribution in [0.1, 0.15) is 18.9 Å². The van der Waals surface area contributed by atoms with Gasteiger partial charge in [0, 0.05) is 23.7 Å². The molecule has 0 unspecified atom stereocenters. The van der Waals surface area contributed by atoms with Gasteiger partial charge < -0.3 is 10.1 Å². The Bertz CT molecular complexity index is 943. The van der Waals surface area contributed by atoms with E-state index in [1.807, 2.05) is 19.1 Å². The summed E-state index contributed by atoms with van der Waals surface area (Å²) < 4.78 is 5.83. The summed E-state index contributed by atoms with van der Waals surface area (Å²) in [6.07, 6.45) is 1.92. The minimum Gasteiger partial charge on any atom is -0.494 e. The molecule has 0 radical (unpaired) electrons. The van der Waals surface area contributed by atoms with Gasteiger partial charge in [-0.3, -0.25) is 14.5 Å². The molecule has 1 fully saturated rings. The van der Waals surface area contributed by atoms with Crippen molar-refractivity contribution in [2.75, 3.05) is 18.5 Å². The van der Waals surface area contributed by atoms with Crippen LogP contribution in [0.15, 0.2) is 53.4 Å². The molecule has 1 N–H and O–H groups in total. The highest BCUT2D eigenvalue weighted by atomic mass is 35.5. The fourth-order valence-corrected chi connectivity index (χ4v) is 4.08. The van der Waals surface area contributed by atoms with Gasteiger partial charge in [-0.05, 0) is 55.0 Å². The molecule has 1 heterocycles. The van der Waals surface area contributed by atoms with Crippen molar-refractivity contribution in [3.63, 3.8) is 0 Å². The van der Waals surface area contributed by atoms with Crippen molar-refractivity contribution in [3.8, 4) is 5.75 Å². The van der Waals surface area contributed by atoms with Crippen molar-refractivity contribution in [2.45, 2.75) is 13.3 Å². The molecule has 1 aliphatic heterocycles. The average molecular weight is 447 g/mol. The highest BCUT2D eigenvalue weighted by molar-refractivity contribution is 8.26. The Labute approximate surface area is 184 Å². The van der Waals surface area contributed by atoms with E-state index in [1.54, 1.807) is 42.5 Å². The van der Waals surface area contributed by atoms with E-state index in [0.717, 1.165) is 11.3 Å². The first-order valence-electron chi connectivity index (χ1n) is 9.00. The third-order valence-electron chi connectivity index (χ3n) is 4.05. The SMILES string of the molecule is CCOc1ccc(NC(=O)CCN2C(=O)/C(=C/c3ccc(Cl)cc3)SC2=S)cc1. The Morgan fingerprint density at radius 1 is 1.21 bits per heavy atom. The van der Waals surface area contributed by atoms with E-state index < -0.39 is 0 Å². The Morgan fingerprint density at radius 2 is 1.90 bits per heavy atom.